The van der Waals surface area contributed by atoms with Gasteiger partial charge in [0, 0.05) is 18.4 Å². The smallest absolute Gasteiger partial charge is 0.156 e. The molecule has 17 heavy (non-hydrogen) atoms. The second-order valence-electron chi connectivity index (χ2n) is 5.34. The summed E-state index contributed by atoms with van der Waals surface area (Å²) in [6, 6.07) is 0. The molecule has 4 heteroatoms. The highest BCUT2D eigenvalue weighted by Crippen LogP contribution is 2.41. The Hall–Kier alpha value is -0.220. The van der Waals surface area contributed by atoms with Crippen LogP contribution < -0.4 is 5.32 Å². The van der Waals surface area contributed by atoms with Crippen LogP contribution in [0.1, 0.15) is 38.5 Å². The molecule has 0 aromatic rings. The number of nitrogens with zero attached hydrogens (tertiary/aromatic N) is 1. The lowest BCUT2D eigenvalue weighted by molar-refractivity contribution is 0.0122. The second kappa shape index (κ2) is 5.61. The standard InChI is InChI=1S/C13H22N2OS/c1-2-8-16-11(3-1)6-7-14-13-15-9-12(17-13)10-4-5-10/h10-12H,1-9H2,(H,14,15). The highest BCUT2D eigenvalue weighted by Gasteiger charge is 2.35. The number of nitrogens with one attached hydrogen (secondary N) is 1. The van der Waals surface area contributed by atoms with Gasteiger partial charge in [0.05, 0.1) is 12.6 Å². The molecule has 3 nitrogen and oxygen atoms in total. The van der Waals surface area contributed by atoms with Crippen molar-refractivity contribution in [3.05, 3.63) is 0 Å². The SMILES string of the molecule is C1CCC(CCNC2=NCC(C3CC3)S2)OC1. The second-order valence-corrected chi connectivity index (χ2v) is 6.57. The summed E-state index contributed by atoms with van der Waals surface area (Å²) in [4.78, 5) is 4.59. The lowest BCUT2D eigenvalue weighted by Gasteiger charge is -2.22. The van der Waals surface area contributed by atoms with E-state index in [1.165, 1.54) is 37.3 Å². The van der Waals surface area contributed by atoms with Crippen LogP contribution in [0.4, 0.5) is 0 Å². The van der Waals surface area contributed by atoms with Crippen molar-refractivity contribution in [2.45, 2.75) is 49.9 Å². The first kappa shape index (κ1) is 11.8. The van der Waals surface area contributed by atoms with E-state index in [0.29, 0.717) is 6.10 Å². The molecule has 1 aliphatic carbocycles. The molecule has 1 saturated carbocycles. The van der Waals surface area contributed by atoms with Gasteiger partial charge >= 0.3 is 0 Å². The summed E-state index contributed by atoms with van der Waals surface area (Å²) in [6.07, 6.45) is 8.30. The van der Waals surface area contributed by atoms with E-state index in [0.717, 1.165) is 37.3 Å². The lowest BCUT2D eigenvalue weighted by atomic mass is 10.1. The van der Waals surface area contributed by atoms with Crippen LogP contribution in [-0.2, 0) is 4.74 Å². The Morgan fingerprint density at radius 3 is 3.00 bits per heavy atom. The number of thioether (sulfide) groups is 1. The van der Waals surface area contributed by atoms with Gasteiger partial charge in [0.25, 0.3) is 0 Å². The molecule has 0 aromatic heterocycles. The average molecular weight is 254 g/mol. The summed E-state index contributed by atoms with van der Waals surface area (Å²) in [5.41, 5.74) is 0. The van der Waals surface area contributed by atoms with E-state index in [-0.39, 0.29) is 0 Å². The normalized spacial score (nSPS) is 33.5. The largest absolute Gasteiger partial charge is 0.378 e. The van der Waals surface area contributed by atoms with E-state index < -0.39 is 0 Å². The zero-order chi connectivity index (χ0) is 11.5. The van der Waals surface area contributed by atoms with Crippen molar-refractivity contribution in [1.29, 1.82) is 0 Å². The Bertz CT molecular complexity index is 285. The van der Waals surface area contributed by atoms with Crippen molar-refractivity contribution < 1.29 is 4.74 Å². The summed E-state index contributed by atoms with van der Waals surface area (Å²) in [5, 5.41) is 5.43. The van der Waals surface area contributed by atoms with Crippen LogP contribution in [0.25, 0.3) is 0 Å². The van der Waals surface area contributed by atoms with Gasteiger partial charge in [0.2, 0.25) is 0 Å². The minimum atomic E-state index is 0.488. The monoisotopic (exact) mass is 254 g/mol. The Kier molecular flexibility index (Phi) is 3.91. The Labute approximate surface area is 108 Å². The average Bonchev–Trinajstić information content (AvgIpc) is 3.11. The molecule has 0 amide bonds. The van der Waals surface area contributed by atoms with E-state index in [4.69, 9.17) is 4.74 Å². The number of ether oxygens (including phenoxy) is 1. The molecule has 0 bridgehead atoms. The fourth-order valence-corrected chi connectivity index (χ4v) is 3.81. The van der Waals surface area contributed by atoms with E-state index >= 15 is 0 Å². The van der Waals surface area contributed by atoms with Gasteiger partial charge in [-0.25, -0.2) is 0 Å². The van der Waals surface area contributed by atoms with Crippen molar-refractivity contribution in [1.82, 2.24) is 5.32 Å². The van der Waals surface area contributed by atoms with Crippen molar-refractivity contribution in [3.8, 4) is 0 Å². The Morgan fingerprint density at radius 1 is 1.29 bits per heavy atom. The van der Waals surface area contributed by atoms with Crippen LogP contribution >= 0.6 is 11.8 Å². The zero-order valence-electron chi connectivity index (χ0n) is 10.4. The number of hydrogen-bond donors (Lipinski definition) is 1. The first-order valence-electron chi connectivity index (χ1n) is 6.98. The quantitative estimate of drug-likeness (QED) is 0.836. The molecule has 2 atom stereocenters. The Balaban J connectivity index is 1.31. The molecule has 2 heterocycles. The van der Waals surface area contributed by atoms with Crippen molar-refractivity contribution in [2.24, 2.45) is 10.9 Å². The van der Waals surface area contributed by atoms with E-state index in [9.17, 15) is 0 Å². The van der Waals surface area contributed by atoms with E-state index in [2.05, 4.69) is 10.3 Å². The van der Waals surface area contributed by atoms with E-state index in [1.807, 2.05) is 11.8 Å². The number of rotatable bonds is 4. The molecular weight excluding hydrogens is 232 g/mol. The van der Waals surface area contributed by atoms with Gasteiger partial charge in [0.15, 0.2) is 5.17 Å². The molecule has 3 aliphatic rings. The number of hydrogen-bond acceptors (Lipinski definition) is 4. The predicted molar refractivity (Wildman–Crippen MR) is 72.6 cm³/mol. The zero-order valence-corrected chi connectivity index (χ0v) is 11.2. The van der Waals surface area contributed by atoms with Crippen molar-refractivity contribution in [2.75, 3.05) is 19.7 Å². The molecule has 1 N–H and O–H groups in total. The molecule has 2 fully saturated rings. The molecule has 1 saturated heterocycles. The van der Waals surface area contributed by atoms with Crippen LogP contribution in [-0.4, -0.2) is 36.2 Å². The summed E-state index contributed by atoms with van der Waals surface area (Å²) >= 11 is 1.97. The third-order valence-corrected chi connectivity index (χ3v) is 5.18. The fraction of sp³-hybridized carbons (Fsp3) is 0.923. The van der Waals surface area contributed by atoms with Crippen molar-refractivity contribution >= 4 is 16.9 Å². The third kappa shape index (κ3) is 3.38. The number of aliphatic imine (C=N–C) groups is 1. The van der Waals surface area contributed by atoms with Crippen molar-refractivity contribution in [3.63, 3.8) is 0 Å². The lowest BCUT2D eigenvalue weighted by Crippen LogP contribution is -2.27. The molecule has 96 valence electrons. The van der Waals surface area contributed by atoms with Gasteiger partial charge in [-0.1, -0.05) is 11.8 Å². The molecule has 2 aliphatic heterocycles. The first-order chi connectivity index (χ1) is 8.42. The maximum absolute atomic E-state index is 5.73. The van der Waals surface area contributed by atoms with Gasteiger partial charge in [-0.05, 0) is 44.4 Å². The summed E-state index contributed by atoms with van der Waals surface area (Å²) in [6.45, 7) is 3.02. The van der Waals surface area contributed by atoms with Gasteiger partial charge in [-0.15, -0.1) is 0 Å². The van der Waals surface area contributed by atoms with Crippen LogP contribution in [0.3, 0.4) is 0 Å². The summed E-state index contributed by atoms with van der Waals surface area (Å²) in [7, 11) is 0. The summed E-state index contributed by atoms with van der Waals surface area (Å²) in [5.74, 6) is 0.963. The van der Waals surface area contributed by atoms with Gasteiger partial charge in [0.1, 0.15) is 0 Å². The van der Waals surface area contributed by atoms with Gasteiger partial charge in [-0.3, -0.25) is 4.99 Å². The van der Waals surface area contributed by atoms with Crippen LogP contribution in [0, 0.1) is 5.92 Å². The third-order valence-electron chi connectivity index (χ3n) is 3.84. The molecule has 2 unspecified atom stereocenters. The highest BCUT2D eigenvalue weighted by molar-refractivity contribution is 8.14. The first-order valence-corrected chi connectivity index (χ1v) is 7.86. The minimum Gasteiger partial charge on any atom is -0.378 e. The van der Waals surface area contributed by atoms with Gasteiger partial charge in [-0.2, -0.15) is 0 Å². The molecule has 0 radical (unpaired) electrons. The molecule has 3 rings (SSSR count). The Morgan fingerprint density at radius 2 is 2.24 bits per heavy atom. The van der Waals surface area contributed by atoms with Crippen LogP contribution in [0.5, 0.6) is 0 Å². The fourth-order valence-electron chi connectivity index (χ4n) is 2.58. The van der Waals surface area contributed by atoms with Crippen LogP contribution in [0.15, 0.2) is 4.99 Å². The predicted octanol–water partition coefficient (Wildman–Crippen LogP) is 2.42. The maximum atomic E-state index is 5.73. The summed E-state index contributed by atoms with van der Waals surface area (Å²) < 4.78 is 5.73. The maximum Gasteiger partial charge on any atom is 0.156 e. The molecular formula is C13H22N2OS. The highest BCUT2D eigenvalue weighted by atomic mass is 32.2. The van der Waals surface area contributed by atoms with Gasteiger partial charge < -0.3 is 10.1 Å². The molecule has 0 spiro atoms. The topological polar surface area (TPSA) is 33.6 Å². The van der Waals surface area contributed by atoms with E-state index in [1.54, 1.807) is 0 Å². The van der Waals surface area contributed by atoms with Crippen LogP contribution in [0.2, 0.25) is 0 Å². The molecule has 0 aromatic carbocycles. The minimum absolute atomic E-state index is 0.488. The number of amidine groups is 1.